The van der Waals surface area contributed by atoms with Gasteiger partial charge in [0.05, 0.1) is 11.0 Å². The van der Waals surface area contributed by atoms with Crippen LogP contribution in [0.5, 0.6) is 0 Å². The number of halogens is 1. The fraction of sp³-hybridized carbons (Fsp3) is 0.312. The number of para-hydroxylation sites is 2. The SMILES string of the molecule is Cc1sc(CNCCn2c(C)nc3ccccc32)cc1Br. The number of imidazole rings is 1. The van der Waals surface area contributed by atoms with E-state index in [0.29, 0.717) is 0 Å². The van der Waals surface area contributed by atoms with Crippen LogP contribution in [0.1, 0.15) is 15.6 Å². The van der Waals surface area contributed by atoms with Gasteiger partial charge in [0, 0.05) is 33.9 Å². The molecule has 0 amide bonds. The summed E-state index contributed by atoms with van der Waals surface area (Å²) in [5.74, 6) is 1.08. The molecule has 0 radical (unpaired) electrons. The van der Waals surface area contributed by atoms with Gasteiger partial charge in [0.25, 0.3) is 0 Å². The lowest BCUT2D eigenvalue weighted by Crippen LogP contribution is -2.19. The quantitative estimate of drug-likeness (QED) is 0.686. The third-order valence-corrected chi connectivity index (χ3v) is 5.70. The van der Waals surface area contributed by atoms with Gasteiger partial charge in [-0.15, -0.1) is 11.3 Å². The Balaban J connectivity index is 1.60. The monoisotopic (exact) mass is 363 g/mol. The van der Waals surface area contributed by atoms with E-state index in [9.17, 15) is 0 Å². The molecule has 0 spiro atoms. The zero-order valence-electron chi connectivity index (χ0n) is 12.2. The van der Waals surface area contributed by atoms with Gasteiger partial charge in [-0.2, -0.15) is 0 Å². The number of aryl methyl sites for hydroxylation is 2. The van der Waals surface area contributed by atoms with E-state index < -0.39 is 0 Å². The third-order valence-electron chi connectivity index (χ3n) is 3.57. The fourth-order valence-corrected chi connectivity index (χ4v) is 4.06. The highest BCUT2D eigenvalue weighted by Gasteiger charge is 2.06. The molecule has 0 aliphatic carbocycles. The highest BCUT2D eigenvalue weighted by molar-refractivity contribution is 9.10. The van der Waals surface area contributed by atoms with Gasteiger partial charge < -0.3 is 9.88 Å². The van der Waals surface area contributed by atoms with E-state index in [-0.39, 0.29) is 0 Å². The molecule has 0 bridgehead atoms. The molecule has 2 heterocycles. The van der Waals surface area contributed by atoms with Gasteiger partial charge in [0.2, 0.25) is 0 Å². The summed E-state index contributed by atoms with van der Waals surface area (Å²) in [7, 11) is 0. The first-order valence-corrected chi connectivity index (χ1v) is 8.63. The van der Waals surface area contributed by atoms with E-state index in [1.54, 1.807) is 0 Å². The number of nitrogens with zero attached hydrogens (tertiary/aromatic N) is 2. The molecule has 5 heteroatoms. The molecular formula is C16H18BrN3S. The van der Waals surface area contributed by atoms with E-state index in [1.807, 2.05) is 17.4 Å². The molecule has 0 saturated heterocycles. The average Bonchev–Trinajstić information content (AvgIpc) is 2.95. The van der Waals surface area contributed by atoms with E-state index in [0.717, 1.165) is 31.0 Å². The molecule has 3 aromatic rings. The Kier molecular flexibility index (Phi) is 4.42. The Morgan fingerprint density at radius 1 is 1.29 bits per heavy atom. The summed E-state index contributed by atoms with van der Waals surface area (Å²) in [6.45, 7) is 7.01. The lowest BCUT2D eigenvalue weighted by atomic mass is 10.3. The summed E-state index contributed by atoms with van der Waals surface area (Å²) in [6.07, 6.45) is 0. The second-order valence-electron chi connectivity index (χ2n) is 5.09. The number of rotatable bonds is 5. The lowest BCUT2D eigenvalue weighted by Gasteiger charge is -2.07. The smallest absolute Gasteiger partial charge is 0.106 e. The van der Waals surface area contributed by atoms with Gasteiger partial charge in [0.1, 0.15) is 5.82 Å². The third kappa shape index (κ3) is 3.20. The van der Waals surface area contributed by atoms with Crippen LogP contribution in [0.25, 0.3) is 11.0 Å². The van der Waals surface area contributed by atoms with E-state index in [1.165, 1.54) is 19.7 Å². The zero-order valence-corrected chi connectivity index (χ0v) is 14.6. The summed E-state index contributed by atoms with van der Waals surface area (Å²) in [5, 5.41) is 3.51. The van der Waals surface area contributed by atoms with Crippen LogP contribution in [-0.4, -0.2) is 16.1 Å². The summed E-state index contributed by atoms with van der Waals surface area (Å²) in [6, 6.07) is 10.5. The summed E-state index contributed by atoms with van der Waals surface area (Å²) in [4.78, 5) is 7.30. The Morgan fingerprint density at radius 2 is 2.10 bits per heavy atom. The second-order valence-corrected chi connectivity index (χ2v) is 7.29. The summed E-state index contributed by atoms with van der Waals surface area (Å²) < 4.78 is 3.48. The first-order chi connectivity index (χ1) is 10.1. The Bertz CT molecular complexity index is 741. The number of hydrogen-bond donors (Lipinski definition) is 1. The Morgan fingerprint density at radius 3 is 2.86 bits per heavy atom. The molecular weight excluding hydrogens is 346 g/mol. The minimum absolute atomic E-state index is 0.919. The molecule has 21 heavy (non-hydrogen) atoms. The van der Waals surface area contributed by atoms with Gasteiger partial charge >= 0.3 is 0 Å². The molecule has 0 unspecified atom stereocenters. The topological polar surface area (TPSA) is 29.9 Å². The molecule has 0 aliphatic rings. The van der Waals surface area contributed by atoms with Crippen LogP contribution in [0, 0.1) is 13.8 Å². The highest BCUT2D eigenvalue weighted by Crippen LogP contribution is 2.26. The number of aromatic nitrogens is 2. The van der Waals surface area contributed by atoms with E-state index in [2.05, 4.69) is 68.9 Å². The van der Waals surface area contributed by atoms with Gasteiger partial charge in [-0.25, -0.2) is 4.98 Å². The van der Waals surface area contributed by atoms with Gasteiger partial charge in [0.15, 0.2) is 0 Å². The first-order valence-electron chi connectivity index (χ1n) is 7.02. The van der Waals surface area contributed by atoms with Crippen LogP contribution >= 0.6 is 27.3 Å². The maximum Gasteiger partial charge on any atom is 0.106 e. The molecule has 1 N–H and O–H groups in total. The summed E-state index contributed by atoms with van der Waals surface area (Å²) in [5.41, 5.74) is 2.29. The lowest BCUT2D eigenvalue weighted by molar-refractivity contribution is 0.600. The van der Waals surface area contributed by atoms with Gasteiger partial charge in [-0.05, 0) is 48.0 Å². The second kappa shape index (κ2) is 6.30. The zero-order chi connectivity index (χ0) is 14.8. The van der Waals surface area contributed by atoms with Crippen molar-refractivity contribution in [1.82, 2.24) is 14.9 Å². The minimum atomic E-state index is 0.919. The maximum atomic E-state index is 4.60. The van der Waals surface area contributed by atoms with Crippen molar-refractivity contribution in [1.29, 1.82) is 0 Å². The predicted molar refractivity (Wildman–Crippen MR) is 92.9 cm³/mol. The van der Waals surface area contributed by atoms with Crippen molar-refractivity contribution in [3.05, 3.63) is 50.4 Å². The number of fused-ring (bicyclic) bond motifs is 1. The molecule has 3 nitrogen and oxygen atoms in total. The standard InChI is InChI=1S/C16H18BrN3S/c1-11-14(17)9-13(21-11)10-18-7-8-20-12(2)19-15-5-3-4-6-16(15)20/h3-6,9,18H,7-8,10H2,1-2H3. The van der Waals surface area contributed by atoms with E-state index >= 15 is 0 Å². The van der Waals surface area contributed by atoms with Crippen molar-refractivity contribution in [2.24, 2.45) is 0 Å². The molecule has 0 atom stereocenters. The maximum absolute atomic E-state index is 4.60. The van der Waals surface area contributed by atoms with Crippen LogP contribution in [0.2, 0.25) is 0 Å². The normalized spacial score (nSPS) is 11.4. The predicted octanol–water partition coefficient (Wildman–Crippen LogP) is 4.27. The van der Waals surface area contributed by atoms with Crippen LogP contribution < -0.4 is 5.32 Å². The van der Waals surface area contributed by atoms with Crippen molar-refractivity contribution < 1.29 is 0 Å². The fourth-order valence-electron chi connectivity index (χ4n) is 2.49. The van der Waals surface area contributed by atoms with Gasteiger partial charge in [-0.3, -0.25) is 0 Å². The number of hydrogen-bond acceptors (Lipinski definition) is 3. The molecule has 3 rings (SSSR count). The molecule has 1 aromatic carbocycles. The van der Waals surface area contributed by atoms with Crippen LogP contribution in [0.15, 0.2) is 34.8 Å². The molecule has 0 aliphatic heterocycles. The van der Waals surface area contributed by atoms with Crippen LogP contribution in [0.4, 0.5) is 0 Å². The Labute approximate surface area is 137 Å². The van der Waals surface area contributed by atoms with Crippen molar-refractivity contribution in [2.45, 2.75) is 26.9 Å². The molecule has 0 fully saturated rings. The van der Waals surface area contributed by atoms with Crippen molar-refractivity contribution in [3.8, 4) is 0 Å². The first kappa shape index (κ1) is 14.8. The van der Waals surface area contributed by atoms with E-state index in [4.69, 9.17) is 0 Å². The number of thiophene rings is 1. The Hall–Kier alpha value is -1.17. The van der Waals surface area contributed by atoms with Crippen LogP contribution in [-0.2, 0) is 13.1 Å². The number of benzene rings is 1. The summed E-state index contributed by atoms with van der Waals surface area (Å²) >= 11 is 5.40. The van der Waals surface area contributed by atoms with Crippen molar-refractivity contribution >= 4 is 38.3 Å². The average molecular weight is 364 g/mol. The molecule has 110 valence electrons. The molecule has 2 aromatic heterocycles. The highest BCUT2D eigenvalue weighted by atomic mass is 79.9. The molecule has 0 saturated carbocycles. The van der Waals surface area contributed by atoms with Crippen LogP contribution in [0.3, 0.4) is 0 Å². The number of nitrogens with one attached hydrogen (secondary N) is 1. The van der Waals surface area contributed by atoms with Crippen molar-refractivity contribution in [3.63, 3.8) is 0 Å². The van der Waals surface area contributed by atoms with Gasteiger partial charge in [-0.1, -0.05) is 12.1 Å². The minimum Gasteiger partial charge on any atom is -0.327 e. The largest absolute Gasteiger partial charge is 0.327 e. The van der Waals surface area contributed by atoms with Crippen molar-refractivity contribution in [2.75, 3.05) is 6.54 Å².